The Morgan fingerprint density at radius 2 is 1.50 bits per heavy atom. The van der Waals surface area contributed by atoms with E-state index in [9.17, 15) is 17.6 Å². The molecule has 0 aliphatic heterocycles. The molecule has 0 bridgehead atoms. The number of rotatable bonds is 2. The van der Waals surface area contributed by atoms with Crippen LogP contribution in [0.25, 0.3) is 0 Å². The van der Waals surface area contributed by atoms with E-state index in [1.165, 1.54) is 0 Å². The Morgan fingerprint density at radius 1 is 0.938 bits per heavy atom. The van der Waals surface area contributed by atoms with Crippen LogP contribution in [-0.2, 0) is 6.42 Å². The van der Waals surface area contributed by atoms with Crippen LogP contribution in [-0.4, -0.2) is 11.8 Å². The first-order valence-electron chi connectivity index (χ1n) is 4.56. The maximum Gasteiger partial charge on any atom is 0.349 e. The van der Waals surface area contributed by atoms with Gasteiger partial charge in [0.25, 0.3) is 0 Å². The first-order valence-corrected chi connectivity index (χ1v) is 4.94. The maximum atomic E-state index is 13.0. The van der Waals surface area contributed by atoms with Gasteiger partial charge in [0.2, 0.25) is 0 Å². The Morgan fingerprint density at radius 3 is 2.00 bits per heavy atom. The van der Waals surface area contributed by atoms with Crippen LogP contribution in [0.3, 0.4) is 0 Å². The van der Waals surface area contributed by atoms with Crippen molar-refractivity contribution in [2.75, 3.05) is 0 Å². The standard InChI is InChI=1S/C11H7ClF4/c12-9-8(10(13,14)11(9,15)16)6-7-4-2-1-3-5-7/h1-5H,6H2. The molecule has 1 aliphatic carbocycles. The third-order valence-corrected chi connectivity index (χ3v) is 3.00. The Bertz CT molecular complexity index is 437. The van der Waals surface area contributed by atoms with Gasteiger partial charge in [0.1, 0.15) is 0 Å². The van der Waals surface area contributed by atoms with Crippen molar-refractivity contribution in [2.24, 2.45) is 0 Å². The Hall–Kier alpha value is -1.03. The molecule has 0 unspecified atom stereocenters. The van der Waals surface area contributed by atoms with Crippen molar-refractivity contribution in [3.05, 3.63) is 46.5 Å². The van der Waals surface area contributed by atoms with E-state index in [1.54, 1.807) is 30.3 Å². The average molecular weight is 251 g/mol. The monoisotopic (exact) mass is 250 g/mol. The molecule has 1 aliphatic rings. The minimum atomic E-state index is -4.21. The molecule has 0 spiro atoms. The zero-order valence-corrected chi connectivity index (χ0v) is 8.74. The summed E-state index contributed by atoms with van der Waals surface area (Å²) >= 11 is 5.19. The second kappa shape index (κ2) is 3.48. The van der Waals surface area contributed by atoms with Gasteiger partial charge >= 0.3 is 11.8 Å². The fourth-order valence-corrected chi connectivity index (χ4v) is 1.88. The molecule has 86 valence electrons. The van der Waals surface area contributed by atoms with Crippen molar-refractivity contribution in [3.63, 3.8) is 0 Å². The first kappa shape index (κ1) is 11.5. The van der Waals surface area contributed by atoms with Gasteiger partial charge in [0.15, 0.2) is 0 Å². The van der Waals surface area contributed by atoms with Gasteiger partial charge in [-0.3, -0.25) is 0 Å². The van der Waals surface area contributed by atoms with Crippen LogP contribution in [0.5, 0.6) is 0 Å². The lowest BCUT2D eigenvalue weighted by Gasteiger charge is -2.38. The number of alkyl halides is 4. The Kier molecular flexibility index (Phi) is 2.49. The summed E-state index contributed by atoms with van der Waals surface area (Å²) in [6.07, 6.45) is -0.248. The number of allylic oxidation sites excluding steroid dienone is 2. The van der Waals surface area contributed by atoms with Crippen LogP contribution >= 0.6 is 11.6 Å². The average Bonchev–Trinajstić information content (AvgIpc) is 2.26. The molecule has 0 radical (unpaired) electrons. The lowest BCUT2D eigenvalue weighted by molar-refractivity contribution is -0.185. The summed E-state index contributed by atoms with van der Waals surface area (Å²) in [5.41, 5.74) is -0.156. The summed E-state index contributed by atoms with van der Waals surface area (Å²) in [4.78, 5) is 0. The van der Waals surface area contributed by atoms with Crippen molar-refractivity contribution >= 4 is 11.6 Å². The van der Waals surface area contributed by atoms with Gasteiger partial charge in [-0.05, 0) is 5.56 Å². The smallest absolute Gasteiger partial charge is 0.194 e. The third kappa shape index (κ3) is 1.44. The number of benzene rings is 1. The third-order valence-electron chi connectivity index (χ3n) is 2.54. The summed E-state index contributed by atoms with van der Waals surface area (Å²) < 4.78 is 51.5. The van der Waals surface area contributed by atoms with Crippen molar-refractivity contribution < 1.29 is 17.6 Å². The quantitative estimate of drug-likeness (QED) is 0.696. The van der Waals surface area contributed by atoms with Crippen LogP contribution in [0.1, 0.15) is 5.56 Å². The largest absolute Gasteiger partial charge is 0.349 e. The highest BCUT2D eigenvalue weighted by Crippen LogP contribution is 2.57. The van der Waals surface area contributed by atoms with Gasteiger partial charge in [-0.25, -0.2) is 0 Å². The maximum absolute atomic E-state index is 13.0. The summed E-state index contributed by atoms with van der Waals surface area (Å²) in [6, 6.07) is 8.19. The minimum Gasteiger partial charge on any atom is -0.194 e. The van der Waals surface area contributed by atoms with Crippen molar-refractivity contribution in [2.45, 2.75) is 18.3 Å². The molecule has 0 saturated carbocycles. The molecular formula is C11H7ClF4. The second-order valence-electron chi connectivity index (χ2n) is 3.60. The van der Waals surface area contributed by atoms with E-state index in [-0.39, 0.29) is 6.42 Å². The molecule has 0 fully saturated rings. The molecule has 0 atom stereocenters. The van der Waals surface area contributed by atoms with E-state index < -0.39 is 22.5 Å². The van der Waals surface area contributed by atoms with E-state index in [0.29, 0.717) is 5.56 Å². The molecule has 0 amide bonds. The Balaban J connectivity index is 2.29. The van der Waals surface area contributed by atoms with Crippen LogP contribution in [0.4, 0.5) is 17.6 Å². The highest BCUT2D eigenvalue weighted by atomic mass is 35.5. The fraction of sp³-hybridized carbons (Fsp3) is 0.273. The van der Waals surface area contributed by atoms with Crippen LogP contribution in [0.15, 0.2) is 40.9 Å². The first-order chi connectivity index (χ1) is 7.37. The minimum absolute atomic E-state index is 0.248. The van der Waals surface area contributed by atoms with Crippen LogP contribution in [0.2, 0.25) is 0 Å². The number of hydrogen-bond donors (Lipinski definition) is 0. The molecule has 0 N–H and O–H groups in total. The van der Waals surface area contributed by atoms with E-state index in [4.69, 9.17) is 11.6 Å². The van der Waals surface area contributed by atoms with E-state index in [2.05, 4.69) is 0 Å². The zero-order chi connectivity index (χ0) is 12.0. The summed E-state index contributed by atoms with van der Waals surface area (Å²) in [6.45, 7) is 0. The van der Waals surface area contributed by atoms with Crippen molar-refractivity contribution in [3.8, 4) is 0 Å². The lowest BCUT2D eigenvalue weighted by atomic mass is 9.84. The second-order valence-corrected chi connectivity index (χ2v) is 3.98. The van der Waals surface area contributed by atoms with Crippen LogP contribution < -0.4 is 0 Å². The molecule has 5 heteroatoms. The molecule has 0 aromatic heterocycles. The lowest BCUT2D eigenvalue weighted by Crippen LogP contribution is -2.52. The molecule has 0 saturated heterocycles. The molecule has 16 heavy (non-hydrogen) atoms. The highest BCUT2D eigenvalue weighted by molar-refractivity contribution is 6.32. The van der Waals surface area contributed by atoms with Gasteiger partial charge in [0.05, 0.1) is 5.03 Å². The molecule has 1 aromatic carbocycles. The van der Waals surface area contributed by atoms with Crippen molar-refractivity contribution in [1.82, 2.24) is 0 Å². The van der Waals surface area contributed by atoms with Gasteiger partial charge in [0, 0.05) is 12.0 Å². The topological polar surface area (TPSA) is 0 Å². The van der Waals surface area contributed by atoms with E-state index in [0.717, 1.165) is 0 Å². The SMILES string of the molecule is FC1(F)C(Cl)=C(Cc2ccccc2)C1(F)F. The molecule has 1 aromatic rings. The Labute approximate surface area is 94.5 Å². The summed E-state index contributed by atoms with van der Waals surface area (Å²) in [5.74, 6) is -8.33. The van der Waals surface area contributed by atoms with Crippen LogP contribution in [0, 0.1) is 0 Å². The van der Waals surface area contributed by atoms with Gasteiger partial charge in [-0.1, -0.05) is 41.9 Å². The zero-order valence-electron chi connectivity index (χ0n) is 7.98. The number of hydrogen-bond acceptors (Lipinski definition) is 0. The highest BCUT2D eigenvalue weighted by Gasteiger charge is 2.70. The number of halogens is 5. The molecule has 2 rings (SSSR count). The van der Waals surface area contributed by atoms with Gasteiger partial charge < -0.3 is 0 Å². The van der Waals surface area contributed by atoms with E-state index >= 15 is 0 Å². The van der Waals surface area contributed by atoms with Gasteiger partial charge in [-0.15, -0.1) is 0 Å². The van der Waals surface area contributed by atoms with Crippen molar-refractivity contribution in [1.29, 1.82) is 0 Å². The molecular weight excluding hydrogens is 244 g/mol. The predicted molar refractivity (Wildman–Crippen MR) is 52.9 cm³/mol. The summed E-state index contributed by atoms with van der Waals surface area (Å²) in [7, 11) is 0. The van der Waals surface area contributed by atoms with E-state index in [1.807, 2.05) is 0 Å². The van der Waals surface area contributed by atoms with Gasteiger partial charge in [-0.2, -0.15) is 17.6 Å². The molecule has 0 heterocycles. The fourth-order valence-electron chi connectivity index (χ4n) is 1.58. The normalized spacial score (nSPS) is 21.8. The predicted octanol–water partition coefficient (Wildman–Crippen LogP) is 4.01. The summed E-state index contributed by atoms with van der Waals surface area (Å²) in [5, 5.41) is -1.03. The molecule has 0 nitrogen and oxygen atoms in total.